The maximum absolute atomic E-state index is 12.4. The van der Waals surface area contributed by atoms with Crippen LogP contribution >= 0.6 is 0 Å². The van der Waals surface area contributed by atoms with Crippen LogP contribution in [0.1, 0.15) is 36.9 Å². The number of nitrogens with one attached hydrogen (secondary N) is 1. The van der Waals surface area contributed by atoms with Crippen molar-refractivity contribution in [1.29, 1.82) is 0 Å². The van der Waals surface area contributed by atoms with Gasteiger partial charge in [-0.2, -0.15) is 5.10 Å². The van der Waals surface area contributed by atoms with E-state index in [1.807, 2.05) is 67.6 Å². The Morgan fingerprint density at radius 1 is 1.12 bits per heavy atom. The highest BCUT2D eigenvalue weighted by Gasteiger charge is 2.28. The number of ether oxygens (including phenoxy) is 2. The van der Waals surface area contributed by atoms with Gasteiger partial charge in [-0.15, -0.1) is 0 Å². The van der Waals surface area contributed by atoms with Crippen molar-refractivity contribution in [2.45, 2.75) is 25.7 Å². The number of amides is 1. The van der Waals surface area contributed by atoms with Gasteiger partial charge in [-0.25, -0.2) is 9.48 Å². The summed E-state index contributed by atoms with van der Waals surface area (Å²) in [6.45, 7) is 2.13. The highest BCUT2D eigenvalue weighted by molar-refractivity contribution is 5.94. The molecule has 1 N–H and O–H groups in total. The molecule has 3 aromatic rings. The molecule has 1 aliphatic carbocycles. The first-order valence-corrected chi connectivity index (χ1v) is 10.7. The fourth-order valence-corrected chi connectivity index (χ4v) is 3.20. The lowest BCUT2D eigenvalue weighted by Gasteiger charge is -2.08. The largest absolute Gasteiger partial charge is 0.494 e. The lowest BCUT2D eigenvalue weighted by Crippen LogP contribution is -2.21. The van der Waals surface area contributed by atoms with Crippen molar-refractivity contribution < 1.29 is 19.1 Å². The van der Waals surface area contributed by atoms with E-state index in [-0.39, 0.29) is 6.61 Å². The monoisotopic (exact) mass is 431 g/mol. The van der Waals surface area contributed by atoms with Crippen LogP contribution in [0.25, 0.3) is 11.8 Å². The molecule has 0 spiro atoms. The molecule has 7 heteroatoms. The van der Waals surface area contributed by atoms with Crippen LogP contribution in [0.2, 0.25) is 0 Å². The van der Waals surface area contributed by atoms with E-state index in [0.717, 1.165) is 35.5 Å². The smallest absolute Gasteiger partial charge is 0.331 e. The average Bonchev–Trinajstić information content (AvgIpc) is 3.58. The number of rotatable bonds is 9. The summed E-state index contributed by atoms with van der Waals surface area (Å²) in [4.78, 5) is 24.4. The number of benzene rings is 2. The summed E-state index contributed by atoms with van der Waals surface area (Å²) in [6.07, 6.45) is 5.14. The topological polar surface area (TPSA) is 82.4 Å². The molecule has 1 fully saturated rings. The van der Waals surface area contributed by atoms with Gasteiger partial charge in [0.15, 0.2) is 6.61 Å². The summed E-state index contributed by atoms with van der Waals surface area (Å²) in [5.74, 6) is 0.755. The molecule has 0 saturated heterocycles. The molecule has 4 rings (SSSR count). The first-order valence-electron chi connectivity index (χ1n) is 10.7. The van der Waals surface area contributed by atoms with Crippen molar-refractivity contribution in [2.24, 2.45) is 0 Å². The predicted molar refractivity (Wildman–Crippen MR) is 122 cm³/mol. The highest BCUT2D eigenvalue weighted by atomic mass is 16.5. The molecule has 1 amide bonds. The molecule has 164 valence electrons. The second-order valence-electron chi connectivity index (χ2n) is 7.47. The third-order valence-electron chi connectivity index (χ3n) is 4.94. The number of hydrogen-bond donors (Lipinski definition) is 1. The van der Waals surface area contributed by atoms with Crippen molar-refractivity contribution in [1.82, 2.24) is 9.78 Å². The fraction of sp³-hybridized carbons (Fsp3) is 0.240. The van der Waals surface area contributed by atoms with Gasteiger partial charge in [0.05, 0.1) is 18.0 Å². The van der Waals surface area contributed by atoms with Crippen LogP contribution in [-0.4, -0.2) is 34.9 Å². The molecule has 0 radical (unpaired) electrons. The number of anilines is 1. The van der Waals surface area contributed by atoms with Crippen LogP contribution < -0.4 is 10.1 Å². The fourth-order valence-electron chi connectivity index (χ4n) is 3.20. The van der Waals surface area contributed by atoms with Crippen molar-refractivity contribution in [2.75, 3.05) is 18.5 Å². The molecule has 2 aromatic carbocycles. The Kier molecular flexibility index (Phi) is 6.65. The Balaban J connectivity index is 1.33. The average molecular weight is 431 g/mol. The molecule has 1 heterocycles. The van der Waals surface area contributed by atoms with E-state index in [4.69, 9.17) is 9.47 Å². The van der Waals surface area contributed by atoms with Gasteiger partial charge in [0.2, 0.25) is 0 Å². The molecule has 0 unspecified atom stereocenters. The van der Waals surface area contributed by atoms with Crippen LogP contribution in [-0.2, 0) is 14.3 Å². The van der Waals surface area contributed by atoms with Crippen molar-refractivity contribution in [3.8, 4) is 11.4 Å². The Morgan fingerprint density at radius 3 is 2.56 bits per heavy atom. The molecule has 7 nitrogen and oxygen atoms in total. The number of carbonyl (C=O) groups excluding carboxylic acids is 2. The minimum absolute atomic E-state index is 0.384. The number of carbonyl (C=O) groups is 2. The first-order chi connectivity index (χ1) is 15.6. The second kappa shape index (κ2) is 9.96. The second-order valence-corrected chi connectivity index (χ2v) is 7.47. The number of esters is 1. The summed E-state index contributed by atoms with van der Waals surface area (Å²) in [7, 11) is 0. The number of aromatic nitrogens is 2. The Bertz CT molecular complexity index is 1100. The van der Waals surface area contributed by atoms with E-state index in [2.05, 4.69) is 10.4 Å². The van der Waals surface area contributed by atoms with Gasteiger partial charge >= 0.3 is 5.97 Å². The van der Waals surface area contributed by atoms with Gasteiger partial charge in [-0.05, 0) is 55.7 Å². The quantitative estimate of drug-likeness (QED) is 0.402. The lowest BCUT2D eigenvalue weighted by molar-refractivity contribution is -0.142. The van der Waals surface area contributed by atoms with E-state index in [1.54, 1.807) is 10.8 Å². The van der Waals surface area contributed by atoms with Crippen LogP contribution in [0, 0.1) is 0 Å². The minimum atomic E-state index is -0.593. The molecule has 0 aliphatic heterocycles. The van der Waals surface area contributed by atoms with Crippen molar-refractivity contribution in [3.05, 3.63) is 78.0 Å². The third kappa shape index (κ3) is 5.63. The van der Waals surface area contributed by atoms with Gasteiger partial charge in [0.1, 0.15) is 11.6 Å². The summed E-state index contributed by atoms with van der Waals surface area (Å²) in [5, 5.41) is 7.45. The Morgan fingerprint density at radius 2 is 1.88 bits per heavy atom. The third-order valence-corrected chi connectivity index (χ3v) is 4.94. The standard InChI is InChI=1S/C25H25N3O4/c1-2-31-21-13-8-18(9-14-21)10-15-25(30)32-17-24(29)26-23-16-22(19-11-12-19)27-28(23)20-6-4-3-5-7-20/h3-10,13-16,19H,2,11-12,17H2,1H3,(H,26,29)/b15-10+. The van der Waals surface area contributed by atoms with E-state index in [9.17, 15) is 9.59 Å². The Hall–Kier alpha value is -3.87. The normalized spacial score (nSPS) is 13.2. The number of nitrogens with zero attached hydrogens (tertiary/aromatic N) is 2. The van der Waals surface area contributed by atoms with Crippen molar-refractivity contribution in [3.63, 3.8) is 0 Å². The van der Waals surface area contributed by atoms with E-state index in [0.29, 0.717) is 18.3 Å². The zero-order valence-corrected chi connectivity index (χ0v) is 17.9. The molecular weight excluding hydrogens is 406 g/mol. The zero-order valence-electron chi connectivity index (χ0n) is 17.9. The van der Waals surface area contributed by atoms with Gasteiger partial charge in [-0.3, -0.25) is 4.79 Å². The van der Waals surface area contributed by atoms with E-state index >= 15 is 0 Å². The van der Waals surface area contributed by atoms with Crippen LogP contribution in [0.15, 0.2) is 66.7 Å². The van der Waals surface area contributed by atoms with E-state index < -0.39 is 11.9 Å². The minimum Gasteiger partial charge on any atom is -0.494 e. The van der Waals surface area contributed by atoms with Crippen molar-refractivity contribution >= 4 is 23.8 Å². The van der Waals surface area contributed by atoms with Gasteiger partial charge in [-0.1, -0.05) is 30.3 Å². The van der Waals surface area contributed by atoms with Crippen LogP contribution in [0.5, 0.6) is 5.75 Å². The maximum atomic E-state index is 12.4. The number of hydrogen-bond acceptors (Lipinski definition) is 5. The first kappa shape index (κ1) is 21.4. The molecule has 1 aromatic heterocycles. The molecule has 32 heavy (non-hydrogen) atoms. The summed E-state index contributed by atoms with van der Waals surface area (Å²) >= 11 is 0. The molecule has 1 saturated carbocycles. The number of para-hydroxylation sites is 1. The zero-order chi connectivity index (χ0) is 22.3. The maximum Gasteiger partial charge on any atom is 0.331 e. The highest BCUT2D eigenvalue weighted by Crippen LogP contribution is 2.40. The van der Waals surface area contributed by atoms with Gasteiger partial charge in [0, 0.05) is 18.1 Å². The summed E-state index contributed by atoms with van der Waals surface area (Å²) < 4.78 is 12.2. The van der Waals surface area contributed by atoms with Crippen LogP contribution in [0.3, 0.4) is 0 Å². The Labute approximate surface area is 186 Å². The molecule has 0 bridgehead atoms. The lowest BCUT2D eigenvalue weighted by atomic mass is 10.2. The summed E-state index contributed by atoms with van der Waals surface area (Å²) in [6, 6.07) is 18.8. The molecule has 0 atom stereocenters. The SMILES string of the molecule is CCOc1ccc(/C=C/C(=O)OCC(=O)Nc2cc(C3CC3)nn2-c2ccccc2)cc1. The predicted octanol–water partition coefficient (Wildman–Crippen LogP) is 4.34. The van der Waals surface area contributed by atoms with Gasteiger partial charge < -0.3 is 14.8 Å². The van der Waals surface area contributed by atoms with Gasteiger partial charge in [0.25, 0.3) is 5.91 Å². The summed E-state index contributed by atoms with van der Waals surface area (Å²) in [5.41, 5.74) is 2.64. The van der Waals surface area contributed by atoms with Crippen LogP contribution in [0.4, 0.5) is 5.82 Å². The van der Waals surface area contributed by atoms with E-state index in [1.165, 1.54) is 6.08 Å². The molecular formula is C25H25N3O4. The molecule has 1 aliphatic rings.